The SMILES string of the molecule is Cc1ccc(N=C(N=C=O)c2cccc3ccccc23)cc1. The number of hydrogen-bond donors (Lipinski definition) is 0. The molecule has 0 aliphatic carbocycles. The zero-order valence-electron chi connectivity index (χ0n) is 12.2. The normalized spacial score (nSPS) is 11.2. The Kier molecular flexibility index (Phi) is 3.90. The number of fused-ring (bicyclic) bond motifs is 1. The van der Waals surface area contributed by atoms with Crippen LogP contribution >= 0.6 is 0 Å². The minimum Gasteiger partial charge on any atom is -0.228 e. The maximum absolute atomic E-state index is 10.8. The van der Waals surface area contributed by atoms with Gasteiger partial charge < -0.3 is 0 Å². The van der Waals surface area contributed by atoms with Gasteiger partial charge in [-0.05, 0) is 29.8 Å². The summed E-state index contributed by atoms with van der Waals surface area (Å²) in [5.74, 6) is 0.371. The van der Waals surface area contributed by atoms with Crippen LogP contribution in [0.3, 0.4) is 0 Å². The summed E-state index contributed by atoms with van der Waals surface area (Å²) < 4.78 is 0. The van der Waals surface area contributed by atoms with E-state index in [4.69, 9.17) is 0 Å². The Balaban J connectivity index is 2.18. The van der Waals surface area contributed by atoms with Crippen molar-refractivity contribution >= 4 is 28.4 Å². The van der Waals surface area contributed by atoms with Crippen LogP contribution in [0.25, 0.3) is 10.8 Å². The third-order valence-corrected chi connectivity index (χ3v) is 3.45. The van der Waals surface area contributed by atoms with E-state index in [2.05, 4.69) is 9.98 Å². The molecule has 106 valence electrons. The third kappa shape index (κ3) is 2.85. The number of amidine groups is 1. The molecule has 3 nitrogen and oxygen atoms in total. The van der Waals surface area contributed by atoms with Crippen molar-refractivity contribution in [3.63, 3.8) is 0 Å². The smallest absolute Gasteiger partial charge is 0.228 e. The van der Waals surface area contributed by atoms with Crippen molar-refractivity contribution < 1.29 is 4.79 Å². The highest BCUT2D eigenvalue weighted by Crippen LogP contribution is 2.22. The van der Waals surface area contributed by atoms with Gasteiger partial charge in [-0.15, -0.1) is 4.99 Å². The Bertz CT molecular complexity index is 883. The molecule has 0 atom stereocenters. The quantitative estimate of drug-likeness (QED) is 0.387. The van der Waals surface area contributed by atoms with E-state index in [1.54, 1.807) is 6.08 Å². The maximum Gasteiger partial charge on any atom is 0.242 e. The van der Waals surface area contributed by atoms with Crippen LogP contribution in [0.15, 0.2) is 76.7 Å². The Hall–Kier alpha value is -3.03. The minimum atomic E-state index is 0.371. The molecule has 0 amide bonds. The van der Waals surface area contributed by atoms with Crippen LogP contribution in [0, 0.1) is 6.92 Å². The monoisotopic (exact) mass is 286 g/mol. The van der Waals surface area contributed by atoms with Crippen molar-refractivity contribution in [3.05, 3.63) is 77.9 Å². The molecule has 3 aromatic carbocycles. The van der Waals surface area contributed by atoms with E-state index in [9.17, 15) is 4.79 Å². The number of aryl methyl sites for hydroxylation is 1. The summed E-state index contributed by atoms with van der Waals surface area (Å²) in [6.07, 6.45) is 1.61. The van der Waals surface area contributed by atoms with Gasteiger partial charge in [-0.25, -0.2) is 9.79 Å². The van der Waals surface area contributed by atoms with Crippen LogP contribution in [-0.4, -0.2) is 11.9 Å². The van der Waals surface area contributed by atoms with Crippen molar-refractivity contribution in [2.45, 2.75) is 6.92 Å². The van der Waals surface area contributed by atoms with E-state index in [0.717, 1.165) is 27.6 Å². The Morgan fingerprint density at radius 1 is 0.909 bits per heavy atom. The first-order valence-electron chi connectivity index (χ1n) is 6.99. The second kappa shape index (κ2) is 6.17. The Morgan fingerprint density at radius 3 is 2.41 bits per heavy atom. The number of hydrogen-bond acceptors (Lipinski definition) is 2. The van der Waals surface area contributed by atoms with Gasteiger partial charge in [0.15, 0.2) is 5.84 Å². The number of carbonyl (C=O) groups excluding carboxylic acids is 1. The number of isocyanates is 1. The van der Waals surface area contributed by atoms with Gasteiger partial charge in [0.1, 0.15) is 0 Å². The highest BCUT2D eigenvalue weighted by molar-refractivity contribution is 6.12. The highest BCUT2D eigenvalue weighted by Gasteiger charge is 2.07. The van der Waals surface area contributed by atoms with E-state index in [1.807, 2.05) is 73.7 Å². The van der Waals surface area contributed by atoms with Gasteiger partial charge in [0.25, 0.3) is 0 Å². The van der Waals surface area contributed by atoms with Crippen molar-refractivity contribution in [3.8, 4) is 0 Å². The third-order valence-electron chi connectivity index (χ3n) is 3.45. The molecule has 22 heavy (non-hydrogen) atoms. The first kappa shape index (κ1) is 13.9. The van der Waals surface area contributed by atoms with Crippen LogP contribution in [0.4, 0.5) is 5.69 Å². The van der Waals surface area contributed by atoms with Crippen molar-refractivity contribution in [1.29, 1.82) is 0 Å². The van der Waals surface area contributed by atoms with Crippen molar-refractivity contribution in [1.82, 2.24) is 0 Å². The zero-order valence-corrected chi connectivity index (χ0v) is 12.2. The van der Waals surface area contributed by atoms with Gasteiger partial charge >= 0.3 is 0 Å². The Morgan fingerprint density at radius 2 is 1.64 bits per heavy atom. The summed E-state index contributed by atoms with van der Waals surface area (Å²) in [6.45, 7) is 2.02. The maximum atomic E-state index is 10.8. The summed E-state index contributed by atoms with van der Waals surface area (Å²) in [5, 5.41) is 2.09. The van der Waals surface area contributed by atoms with Gasteiger partial charge in [0.2, 0.25) is 6.08 Å². The Labute approximate surface area is 128 Å². The standard InChI is InChI=1S/C19H14N2O/c1-14-9-11-16(12-10-14)21-19(20-13-22)18-8-4-6-15-5-2-3-7-17(15)18/h2-12H,1H3. The molecular weight excluding hydrogens is 272 g/mol. The summed E-state index contributed by atoms with van der Waals surface area (Å²) in [5.41, 5.74) is 2.74. The summed E-state index contributed by atoms with van der Waals surface area (Å²) in [7, 11) is 0. The molecule has 0 radical (unpaired) electrons. The number of rotatable bonds is 2. The molecule has 3 aromatic rings. The molecule has 3 rings (SSSR count). The second-order valence-corrected chi connectivity index (χ2v) is 5.00. The van der Waals surface area contributed by atoms with E-state index in [0.29, 0.717) is 5.84 Å². The van der Waals surface area contributed by atoms with Gasteiger partial charge in [-0.1, -0.05) is 60.2 Å². The molecule has 0 spiro atoms. The van der Waals surface area contributed by atoms with E-state index in [-0.39, 0.29) is 0 Å². The molecule has 0 aliphatic heterocycles. The number of benzene rings is 3. The van der Waals surface area contributed by atoms with E-state index < -0.39 is 0 Å². The molecule has 0 saturated carbocycles. The fourth-order valence-corrected chi connectivity index (χ4v) is 2.35. The van der Waals surface area contributed by atoms with Crippen molar-refractivity contribution in [2.75, 3.05) is 0 Å². The van der Waals surface area contributed by atoms with E-state index >= 15 is 0 Å². The minimum absolute atomic E-state index is 0.371. The number of aliphatic imine (C=N–C) groups is 2. The largest absolute Gasteiger partial charge is 0.242 e. The molecule has 0 bridgehead atoms. The average Bonchev–Trinajstić information content (AvgIpc) is 2.56. The van der Waals surface area contributed by atoms with Gasteiger partial charge in [0.05, 0.1) is 5.69 Å². The molecule has 0 N–H and O–H groups in total. The number of nitrogens with zero attached hydrogens (tertiary/aromatic N) is 2. The first-order valence-corrected chi connectivity index (χ1v) is 6.99. The van der Waals surface area contributed by atoms with Gasteiger partial charge in [-0.3, -0.25) is 0 Å². The van der Waals surface area contributed by atoms with Gasteiger partial charge in [0, 0.05) is 5.56 Å². The summed E-state index contributed by atoms with van der Waals surface area (Å²) in [4.78, 5) is 19.1. The predicted molar refractivity (Wildman–Crippen MR) is 89.4 cm³/mol. The molecular formula is C19H14N2O. The van der Waals surface area contributed by atoms with Crippen LogP contribution in [0.5, 0.6) is 0 Å². The molecule has 0 aromatic heterocycles. The average molecular weight is 286 g/mol. The highest BCUT2D eigenvalue weighted by atomic mass is 16.1. The van der Waals surface area contributed by atoms with Crippen molar-refractivity contribution in [2.24, 2.45) is 9.98 Å². The van der Waals surface area contributed by atoms with Crippen LogP contribution in [-0.2, 0) is 4.79 Å². The molecule has 0 aliphatic rings. The van der Waals surface area contributed by atoms with Gasteiger partial charge in [-0.2, -0.15) is 0 Å². The molecule has 0 saturated heterocycles. The molecule has 0 fully saturated rings. The molecule has 3 heteroatoms. The fourth-order valence-electron chi connectivity index (χ4n) is 2.35. The van der Waals surface area contributed by atoms with E-state index in [1.165, 1.54) is 0 Å². The topological polar surface area (TPSA) is 41.8 Å². The van der Waals surface area contributed by atoms with Crippen LogP contribution in [0.1, 0.15) is 11.1 Å². The lowest BCUT2D eigenvalue weighted by Crippen LogP contribution is -1.97. The van der Waals surface area contributed by atoms with Crippen LogP contribution in [0.2, 0.25) is 0 Å². The molecule has 0 heterocycles. The second-order valence-electron chi connectivity index (χ2n) is 5.00. The van der Waals surface area contributed by atoms with Crippen LogP contribution < -0.4 is 0 Å². The predicted octanol–water partition coefficient (Wildman–Crippen LogP) is 4.56. The lowest BCUT2D eigenvalue weighted by atomic mass is 10.0. The molecule has 0 unspecified atom stereocenters. The summed E-state index contributed by atoms with van der Waals surface area (Å²) >= 11 is 0. The first-order chi connectivity index (χ1) is 10.8. The zero-order chi connectivity index (χ0) is 15.4. The lowest BCUT2D eigenvalue weighted by molar-refractivity contribution is 0.566. The lowest BCUT2D eigenvalue weighted by Gasteiger charge is -2.05. The summed E-state index contributed by atoms with van der Waals surface area (Å²) in [6, 6.07) is 21.6. The fraction of sp³-hybridized carbons (Fsp3) is 0.0526.